The van der Waals surface area contributed by atoms with Gasteiger partial charge in [0.2, 0.25) is 0 Å². The molecule has 0 aliphatic heterocycles. The number of carbonyl (C=O) groups excluding carboxylic acids is 1. The van der Waals surface area contributed by atoms with Crippen LogP contribution in [0, 0.1) is 5.92 Å². The summed E-state index contributed by atoms with van der Waals surface area (Å²) >= 11 is 0. The van der Waals surface area contributed by atoms with Gasteiger partial charge in [0.05, 0.1) is 24.5 Å². The minimum absolute atomic E-state index is 0.111. The van der Waals surface area contributed by atoms with Crippen LogP contribution in [-0.2, 0) is 9.53 Å². The number of hydrogen-bond donors (Lipinski definition) is 2. The summed E-state index contributed by atoms with van der Waals surface area (Å²) in [5, 5.41) is 13.1. The molecule has 1 saturated carbocycles. The molecule has 7 heteroatoms. The van der Waals surface area contributed by atoms with Crippen LogP contribution in [0.3, 0.4) is 0 Å². The summed E-state index contributed by atoms with van der Waals surface area (Å²) in [6.07, 6.45) is -3.34. The highest BCUT2D eigenvalue weighted by Gasteiger charge is 2.37. The predicted octanol–water partition coefficient (Wildman–Crippen LogP) is 2.40. The quantitative estimate of drug-likeness (QED) is 0.740. The first kappa shape index (κ1) is 18.2. The van der Waals surface area contributed by atoms with Crippen molar-refractivity contribution in [3.8, 4) is 0 Å². The molecule has 4 nitrogen and oxygen atoms in total. The third kappa shape index (κ3) is 6.65. The molecule has 21 heavy (non-hydrogen) atoms. The number of hydrogen-bond acceptors (Lipinski definition) is 4. The smallest absolute Gasteiger partial charge is 0.390 e. The summed E-state index contributed by atoms with van der Waals surface area (Å²) in [6.45, 7) is 3.63. The second-order valence-corrected chi connectivity index (χ2v) is 5.85. The lowest BCUT2D eigenvalue weighted by Gasteiger charge is -2.36. The van der Waals surface area contributed by atoms with Gasteiger partial charge in [0.25, 0.3) is 0 Å². The van der Waals surface area contributed by atoms with Crippen molar-refractivity contribution in [3.63, 3.8) is 0 Å². The monoisotopic (exact) mass is 311 g/mol. The highest BCUT2D eigenvalue weighted by molar-refractivity contribution is 5.72. The Morgan fingerprint density at radius 1 is 1.43 bits per heavy atom. The number of ether oxygens (including phenoxy) is 1. The zero-order valence-electron chi connectivity index (χ0n) is 12.5. The summed E-state index contributed by atoms with van der Waals surface area (Å²) in [5.74, 6) is -0.462. The van der Waals surface area contributed by atoms with Crippen molar-refractivity contribution < 1.29 is 27.8 Å². The first-order chi connectivity index (χ1) is 9.65. The lowest BCUT2D eigenvalue weighted by atomic mass is 9.78. The maximum Gasteiger partial charge on any atom is 0.390 e. The molecule has 124 valence electrons. The molecule has 0 aromatic carbocycles. The largest absolute Gasteiger partial charge is 0.466 e. The third-order valence-electron chi connectivity index (χ3n) is 3.85. The van der Waals surface area contributed by atoms with Gasteiger partial charge in [-0.2, -0.15) is 13.2 Å². The Hall–Kier alpha value is -0.820. The summed E-state index contributed by atoms with van der Waals surface area (Å²) in [6, 6.07) is -0.739. The highest BCUT2D eigenvalue weighted by Crippen LogP contribution is 2.32. The topological polar surface area (TPSA) is 58.6 Å². The first-order valence-electron chi connectivity index (χ1n) is 7.34. The summed E-state index contributed by atoms with van der Waals surface area (Å²) in [4.78, 5) is 11.6. The molecule has 0 spiro atoms. The minimum Gasteiger partial charge on any atom is -0.466 e. The molecule has 0 amide bonds. The van der Waals surface area contributed by atoms with Gasteiger partial charge in [-0.05, 0) is 39.5 Å². The van der Waals surface area contributed by atoms with Gasteiger partial charge >= 0.3 is 12.1 Å². The van der Waals surface area contributed by atoms with Crippen LogP contribution in [0.25, 0.3) is 0 Å². The van der Waals surface area contributed by atoms with Gasteiger partial charge in [-0.15, -0.1) is 0 Å². The van der Waals surface area contributed by atoms with Crippen molar-refractivity contribution in [1.29, 1.82) is 0 Å². The fraction of sp³-hybridized carbons (Fsp3) is 0.929. The van der Waals surface area contributed by atoms with E-state index in [1.54, 1.807) is 6.92 Å². The molecule has 1 atom stereocenters. The van der Waals surface area contributed by atoms with Gasteiger partial charge in [0.1, 0.15) is 0 Å². The van der Waals surface area contributed by atoms with Gasteiger partial charge in [0.15, 0.2) is 0 Å². The number of carbonyl (C=O) groups is 1. The zero-order chi connectivity index (χ0) is 16.1. The van der Waals surface area contributed by atoms with Gasteiger partial charge in [-0.25, -0.2) is 0 Å². The normalized spacial score (nSPS) is 28.2. The molecule has 0 aromatic heterocycles. The first-order valence-corrected chi connectivity index (χ1v) is 7.34. The Kier molecular flexibility index (Phi) is 6.46. The van der Waals surface area contributed by atoms with Crippen molar-refractivity contribution >= 4 is 5.97 Å². The summed E-state index contributed by atoms with van der Waals surface area (Å²) in [5.41, 5.74) is -1.04. The Morgan fingerprint density at radius 2 is 2.00 bits per heavy atom. The number of esters is 1. The number of rotatable bonds is 6. The Morgan fingerprint density at radius 3 is 2.48 bits per heavy atom. The fourth-order valence-corrected chi connectivity index (χ4v) is 2.61. The molecule has 0 radical (unpaired) electrons. The predicted molar refractivity (Wildman–Crippen MR) is 71.7 cm³/mol. The second-order valence-electron chi connectivity index (χ2n) is 5.85. The molecule has 0 bridgehead atoms. The standard InChI is InChI=1S/C14H24F3NO3/c1-3-21-12(19)11-4-6-13(20,7-5-11)9-18-10(2)8-14(15,16)17/h10-11,18,20H,3-9H2,1-2H3. The Bertz CT molecular complexity index is 339. The third-order valence-corrected chi connectivity index (χ3v) is 3.85. The fourth-order valence-electron chi connectivity index (χ4n) is 2.61. The molecule has 1 rings (SSSR count). The van der Waals surface area contributed by atoms with Crippen LogP contribution < -0.4 is 5.32 Å². The number of halogens is 3. The number of aliphatic hydroxyl groups is 1. The molecule has 1 aliphatic rings. The number of nitrogens with one attached hydrogen (secondary N) is 1. The van der Waals surface area contributed by atoms with E-state index in [9.17, 15) is 23.1 Å². The highest BCUT2D eigenvalue weighted by atomic mass is 19.4. The molecule has 2 N–H and O–H groups in total. The lowest BCUT2D eigenvalue weighted by Crippen LogP contribution is -2.47. The maximum absolute atomic E-state index is 12.2. The van der Waals surface area contributed by atoms with Crippen molar-refractivity contribution in [2.75, 3.05) is 13.2 Å². The average molecular weight is 311 g/mol. The SMILES string of the molecule is CCOC(=O)C1CCC(O)(CNC(C)CC(F)(F)F)CC1. The van der Waals surface area contributed by atoms with Crippen molar-refractivity contribution in [2.45, 2.75) is 63.8 Å². The van der Waals surface area contributed by atoms with Gasteiger partial charge in [-0.1, -0.05) is 0 Å². The van der Waals surface area contributed by atoms with E-state index in [2.05, 4.69) is 5.32 Å². The van der Waals surface area contributed by atoms with E-state index in [0.717, 1.165) is 0 Å². The van der Waals surface area contributed by atoms with Crippen molar-refractivity contribution in [3.05, 3.63) is 0 Å². The minimum atomic E-state index is -4.21. The van der Waals surface area contributed by atoms with E-state index in [-0.39, 0.29) is 18.4 Å². The lowest BCUT2D eigenvalue weighted by molar-refractivity contribution is -0.151. The van der Waals surface area contributed by atoms with Crippen LogP contribution in [0.5, 0.6) is 0 Å². The summed E-state index contributed by atoms with van der Waals surface area (Å²) in [7, 11) is 0. The second kappa shape index (κ2) is 7.45. The molecular formula is C14H24F3NO3. The molecular weight excluding hydrogens is 287 g/mol. The van der Waals surface area contributed by atoms with E-state index in [1.807, 2.05) is 0 Å². The molecule has 1 unspecified atom stereocenters. The molecule has 0 heterocycles. The Balaban J connectivity index is 2.35. The van der Waals surface area contributed by atoms with E-state index in [4.69, 9.17) is 4.74 Å². The molecule has 0 aromatic rings. The summed E-state index contributed by atoms with van der Waals surface area (Å²) < 4.78 is 41.6. The maximum atomic E-state index is 12.2. The van der Waals surface area contributed by atoms with E-state index in [1.165, 1.54) is 6.92 Å². The molecule has 1 aliphatic carbocycles. The van der Waals surface area contributed by atoms with E-state index < -0.39 is 24.2 Å². The molecule has 1 fully saturated rings. The van der Waals surface area contributed by atoms with E-state index in [0.29, 0.717) is 32.3 Å². The zero-order valence-corrected chi connectivity index (χ0v) is 12.5. The van der Waals surface area contributed by atoms with Crippen LogP contribution in [0.1, 0.15) is 46.0 Å². The van der Waals surface area contributed by atoms with Crippen LogP contribution in [-0.4, -0.2) is 42.0 Å². The van der Waals surface area contributed by atoms with Gasteiger partial charge < -0.3 is 15.2 Å². The average Bonchev–Trinajstić information content (AvgIpc) is 2.36. The van der Waals surface area contributed by atoms with Crippen molar-refractivity contribution in [2.24, 2.45) is 5.92 Å². The number of alkyl halides is 3. The van der Waals surface area contributed by atoms with Crippen LogP contribution >= 0.6 is 0 Å². The van der Waals surface area contributed by atoms with Crippen LogP contribution in [0.15, 0.2) is 0 Å². The van der Waals surface area contributed by atoms with E-state index >= 15 is 0 Å². The van der Waals surface area contributed by atoms with Gasteiger partial charge in [-0.3, -0.25) is 4.79 Å². The van der Waals surface area contributed by atoms with Gasteiger partial charge in [0, 0.05) is 12.6 Å². The molecule has 0 saturated heterocycles. The van der Waals surface area contributed by atoms with Crippen LogP contribution in [0.2, 0.25) is 0 Å². The van der Waals surface area contributed by atoms with Crippen molar-refractivity contribution in [1.82, 2.24) is 5.32 Å². The Labute approximate surface area is 123 Å². The van der Waals surface area contributed by atoms with Crippen LogP contribution in [0.4, 0.5) is 13.2 Å².